The van der Waals surface area contributed by atoms with E-state index in [1.807, 2.05) is 78.7 Å². The Morgan fingerprint density at radius 1 is 1.25 bits per heavy atom. The number of carboxylic acid groups (broad SMARTS) is 1. The number of allylic oxidation sites excluding steroid dienone is 9. The lowest BCUT2D eigenvalue weighted by Gasteiger charge is -2.09. The van der Waals surface area contributed by atoms with Crippen LogP contribution in [0.2, 0.25) is 0 Å². The van der Waals surface area contributed by atoms with Crippen LogP contribution in [0.1, 0.15) is 76.3 Å². The Morgan fingerprint density at radius 3 is 2.42 bits per heavy atom. The summed E-state index contributed by atoms with van der Waals surface area (Å²) in [5.41, 5.74) is 3.70. The highest BCUT2D eigenvalue weighted by Crippen LogP contribution is 2.20. The van der Waals surface area contributed by atoms with Crippen LogP contribution in [0.5, 0.6) is 0 Å². The molecule has 8 heteroatoms. The average molecular weight is 510 g/mol. The molecule has 0 radical (unpaired) electrons. The van der Waals surface area contributed by atoms with Gasteiger partial charge in [0.15, 0.2) is 6.67 Å². The Morgan fingerprint density at radius 2 is 1.89 bits per heavy atom. The fourth-order valence-electron chi connectivity index (χ4n) is 2.79. The molecule has 2 rings (SSSR count). The predicted octanol–water partition coefficient (Wildman–Crippen LogP) is 7.54. The van der Waals surface area contributed by atoms with Crippen LogP contribution in [0.25, 0.3) is 0 Å². The minimum Gasteiger partial charge on any atom is -0.475 e. The van der Waals surface area contributed by atoms with Gasteiger partial charge in [0.2, 0.25) is 5.76 Å². The van der Waals surface area contributed by atoms with Crippen molar-refractivity contribution < 1.29 is 32.6 Å². The summed E-state index contributed by atoms with van der Waals surface area (Å²) in [6.07, 6.45) is 10.4. The molecule has 0 aromatic carbocycles. The lowest BCUT2D eigenvalue weighted by atomic mass is 10.1. The second-order valence-electron chi connectivity index (χ2n) is 6.79. The van der Waals surface area contributed by atoms with Crippen LogP contribution in [-0.4, -0.2) is 30.9 Å². The van der Waals surface area contributed by atoms with E-state index < -0.39 is 19.0 Å². The number of alkyl halides is 2. The van der Waals surface area contributed by atoms with Gasteiger partial charge in [-0.1, -0.05) is 58.9 Å². The van der Waals surface area contributed by atoms with Gasteiger partial charge in [-0.15, -0.1) is 0 Å². The van der Waals surface area contributed by atoms with Crippen LogP contribution in [0.4, 0.5) is 8.78 Å². The van der Waals surface area contributed by atoms with Crippen molar-refractivity contribution in [1.82, 2.24) is 5.32 Å². The van der Waals surface area contributed by atoms with Crippen LogP contribution < -0.4 is 5.32 Å². The molecule has 1 aliphatic rings. The highest BCUT2D eigenvalue weighted by Gasteiger charge is 2.13. The Bertz CT molecular complexity index is 926. The third-order valence-electron chi connectivity index (χ3n) is 4.57. The number of furan rings is 1. The van der Waals surface area contributed by atoms with E-state index >= 15 is 0 Å². The topological polar surface area (TPSA) is 88.8 Å². The molecule has 1 aromatic heterocycles. The second kappa shape index (κ2) is 20.9. The predicted molar refractivity (Wildman–Crippen MR) is 141 cm³/mol. The summed E-state index contributed by atoms with van der Waals surface area (Å²) in [7, 11) is 0. The van der Waals surface area contributed by atoms with E-state index in [4.69, 9.17) is 19.1 Å². The van der Waals surface area contributed by atoms with Crippen molar-refractivity contribution in [1.29, 1.82) is 0 Å². The molecular weight excluding hydrogens is 468 g/mol. The van der Waals surface area contributed by atoms with Crippen LogP contribution in [0.3, 0.4) is 0 Å². The number of rotatable bonds is 10. The van der Waals surface area contributed by atoms with Crippen molar-refractivity contribution in [2.75, 3.05) is 6.67 Å². The van der Waals surface area contributed by atoms with Crippen LogP contribution in [0, 0.1) is 6.92 Å². The first-order chi connectivity index (χ1) is 17.3. The summed E-state index contributed by atoms with van der Waals surface area (Å²) < 4.78 is 35.5. The lowest BCUT2D eigenvalue weighted by Crippen LogP contribution is -2.12. The van der Waals surface area contributed by atoms with Crippen molar-refractivity contribution in [3.63, 3.8) is 0 Å². The molecule has 1 heterocycles. The van der Waals surface area contributed by atoms with Crippen molar-refractivity contribution in [3.05, 3.63) is 82.2 Å². The fourth-order valence-corrected chi connectivity index (χ4v) is 2.79. The molecule has 0 bridgehead atoms. The van der Waals surface area contributed by atoms with Gasteiger partial charge in [0, 0.05) is 24.2 Å². The number of ether oxygens (including phenoxy) is 1. The second-order valence-corrected chi connectivity index (χ2v) is 6.79. The van der Waals surface area contributed by atoms with Gasteiger partial charge in [-0.3, -0.25) is 0 Å². The van der Waals surface area contributed by atoms with E-state index in [2.05, 4.69) is 5.32 Å². The van der Waals surface area contributed by atoms with E-state index in [0.29, 0.717) is 24.5 Å². The normalized spacial score (nSPS) is 13.7. The molecule has 1 unspecified atom stereocenters. The smallest absolute Gasteiger partial charge is 0.371 e. The summed E-state index contributed by atoms with van der Waals surface area (Å²) >= 11 is 0. The standard InChI is InChI=1S/C23H27F2NO4.2C2H6.CH2O/c1-4-19(26-14-18-12-21(23(27)28)29-16(18)3)10-8-15(2)17-6-5-7-20(11-9-17)30-22(25)13-24;3*1-2/h5-6,8-12,22,26H,4,7,13-14H2,1-3H3,(H,27,28);2*1-2H3;1H2/b15-8+,19-10+;;;. The molecule has 0 saturated heterocycles. The zero-order valence-corrected chi connectivity index (χ0v) is 22.5. The number of nitrogens with one attached hydrogen (secondary N) is 1. The molecule has 0 amide bonds. The summed E-state index contributed by atoms with van der Waals surface area (Å²) in [4.78, 5) is 19.0. The number of hydrogen-bond acceptors (Lipinski definition) is 5. The highest BCUT2D eigenvalue weighted by molar-refractivity contribution is 5.84. The number of halogens is 2. The van der Waals surface area contributed by atoms with Crippen molar-refractivity contribution >= 4 is 12.8 Å². The molecule has 1 atom stereocenters. The third kappa shape index (κ3) is 12.9. The van der Waals surface area contributed by atoms with Gasteiger partial charge in [-0.05, 0) is 49.6 Å². The van der Waals surface area contributed by atoms with Crippen molar-refractivity contribution in [2.24, 2.45) is 0 Å². The molecule has 1 aromatic rings. The van der Waals surface area contributed by atoms with E-state index in [-0.39, 0.29) is 5.76 Å². The van der Waals surface area contributed by atoms with E-state index in [1.54, 1.807) is 13.0 Å². The number of hydrogen-bond donors (Lipinski definition) is 2. The molecule has 0 fully saturated rings. The van der Waals surface area contributed by atoms with Gasteiger partial charge < -0.3 is 24.4 Å². The van der Waals surface area contributed by atoms with E-state index in [0.717, 1.165) is 28.8 Å². The SMILES string of the molecule is C=O.CC.CC.CC/C(=C\C=C(/C)C1=CC=C(OC(F)CF)CC=C1)NCc1cc(C(=O)O)oc1C. The zero-order valence-electron chi connectivity index (χ0n) is 22.5. The first-order valence-electron chi connectivity index (χ1n) is 12.0. The maximum absolute atomic E-state index is 13.1. The minimum absolute atomic E-state index is 0.0730. The van der Waals surface area contributed by atoms with Crippen molar-refractivity contribution in [3.8, 4) is 0 Å². The van der Waals surface area contributed by atoms with Gasteiger partial charge in [0.1, 0.15) is 18.3 Å². The molecular formula is C28H41F2NO5. The number of carboxylic acids is 1. The summed E-state index contributed by atoms with van der Waals surface area (Å²) in [6.45, 7) is 15.0. The van der Waals surface area contributed by atoms with E-state index in [9.17, 15) is 13.6 Å². The largest absolute Gasteiger partial charge is 0.475 e. The Hall–Kier alpha value is -3.42. The first-order valence-corrected chi connectivity index (χ1v) is 12.0. The fraction of sp³-hybridized carbons (Fsp3) is 0.429. The van der Waals surface area contributed by atoms with Gasteiger partial charge >= 0.3 is 5.97 Å². The molecule has 1 aliphatic carbocycles. The molecule has 0 spiro atoms. The van der Waals surface area contributed by atoms with Gasteiger partial charge in [0.25, 0.3) is 6.36 Å². The van der Waals surface area contributed by atoms with Crippen molar-refractivity contribution in [2.45, 2.75) is 74.2 Å². The number of aromatic carboxylic acids is 1. The number of carbonyl (C=O) groups excluding carboxylic acids is 1. The highest BCUT2D eigenvalue weighted by atomic mass is 19.2. The van der Waals surface area contributed by atoms with Crippen LogP contribution in [-0.2, 0) is 16.1 Å². The van der Waals surface area contributed by atoms with Crippen LogP contribution in [0.15, 0.2) is 69.5 Å². The summed E-state index contributed by atoms with van der Waals surface area (Å²) in [5.74, 6) is -0.213. The monoisotopic (exact) mass is 509 g/mol. The summed E-state index contributed by atoms with van der Waals surface area (Å²) in [6, 6.07) is 1.52. The maximum Gasteiger partial charge on any atom is 0.371 e. The van der Waals surface area contributed by atoms with Gasteiger partial charge in [-0.25, -0.2) is 9.18 Å². The van der Waals surface area contributed by atoms with Crippen LogP contribution >= 0.6 is 0 Å². The first kappa shape index (κ1) is 34.7. The zero-order chi connectivity index (χ0) is 28.1. The number of aryl methyl sites for hydroxylation is 1. The maximum atomic E-state index is 13.1. The third-order valence-corrected chi connectivity index (χ3v) is 4.57. The average Bonchev–Trinajstić information content (AvgIpc) is 3.13. The van der Waals surface area contributed by atoms with Gasteiger partial charge in [0.05, 0.1) is 0 Å². The Kier molecular flexibility index (Phi) is 20.2. The Balaban J connectivity index is 0. The quantitative estimate of drug-likeness (QED) is 0.317. The molecule has 0 saturated carbocycles. The molecule has 0 aliphatic heterocycles. The van der Waals surface area contributed by atoms with Gasteiger partial charge in [-0.2, -0.15) is 4.39 Å². The van der Waals surface area contributed by atoms with E-state index in [1.165, 1.54) is 6.07 Å². The lowest BCUT2D eigenvalue weighted by molar-refractivity contribution is -0.0980. The number of carbonyl (C=O) groups is 2. The molecule has 36 heavy (non-hydrogen) atoms. The molecule has 202 valence electrons. The Labute approximate surface area is 214 Å². The summed E-state index contributed by atoms with van der Waals surface area (Å²) in [5, 5.41) is 12.3. The molecule has 2 N–H and O–H groups in total. The molecule has 6 nitrogen and oxygen atoms in total. The minimum atomic E-state index is -1.94.